The second-order valence-corrected chi connectivity index (χ2v) is 5.29. The molecule has 0 spiro atoms. The second kappa shape index (κ2) is 6.44. The molecule has 22 heavy (non-hydrogen) atoms. The van der Waals surface area contributed by atoms with Crippen LogP contribution < -0.4 is 5.43 Å². The first kappa shape index (κ1) is 15.8. The van der Waals surface area contributed by atoms with Gasteiger partial charge in [0.2, 0.25) is 0 Å². The largest absolute Gasteiger partial charge is 0.508 e. The Hall–Kier alpha value is -2.60. The summed E-state index contributed by atoms with van der Waals surface area (Å²) in [4.78, 5) is 11.0. The predicted octanol–water partition coefficient (Wildman–Crippen LogP) is 2.23. The summed E-state index contributed by atoms with van der Waals surface area (Å²) < 4.78 is 0. The highest BCUT2D eigenvalue weighted by atomic mass is 16.4. The van der Waals surface area contributed by atoms with Gasteiger partial charge in [-0.3, -0.25) is 5.43 Å². The van der Waals surface area contributed by atoms with Gasteiger partial charge in [-0.05, 0) is 47.9 Å². The van der Waals surface area contributed by atoms with E-state index in [-0.39, 0.29) is 17.2 Å². The van der Waals surface area contributed by atoms with E-state index >= 15 is 0 Å². The Morgan fingerprint density at radius 2 is 2.09 bits per heavy atom. The number of hydrazone groups is 1. The normalized spacial score (nSPS) is 19.4. The van der Waals surface area contributed by atoms with Crippen LogP contribution in [0.1, 0.15) is 25.3 Å². The quantitative estimate of drug-likeness (QED) is 0.504. The summed E-state index contributed by atoms with van der Waals surface area (Å²) in [6.45, 7) is 3.94. The molecular weight excluding hydrogens is 284 g/mol. The van der Waals surface area contributed by atoms with Gasteiger partial charge in [0, 0.05) is 0 Å². The molecule has 4 N–H and O–H groups in total. The minimum atomic E-state index is -1.18. The molecule has 6 nitrogen and oxygen atoms in total. The molecule has 1 aliphatic carbocycles. The molecule has 1 aliphatic rings. The van der Waals surface area contributed by atoms with Gasteiger partial charge in [-0.15, -0.1) is 0 Å². The van der Waals surface area contributed by atoms with E-state index in [1.807, 2.05) is 13.8 Å². The van der Waals surface area contributed by atoms with E-state index in [1.165, 1.54) is 18.2 Å². The lowest BCUT2D eigenvalue weighted by Gasteiger charge is -2.13. The highest BCUT2D eigenvalue weighted by Crippen LogP contribution is 2.28. The van der Waals surface area contributed by atoms with E-state index in [2.05, 4.69) is 10.5 Å². The number of hydrogen-bond donors (Lipinski definition) is 4. The summed E-state index contributed by atoms with van der Waals surface area (Å²) in [5.74, 6) is -0.796. The van der Waals surface area contributed by atoms with Gasteiger partial charge >= 0.3 is 5.97 Å². The number of aliphatic hydroxyl groups excluding tert-OH is 1. The molecule has 116 valence electrons. The molecular formula is C16H18N2O4. The van der Waals surface area contributed by atoms with Gasteiger partial charge < -0.3 is 15.3 Å². The maximum absolute atomic E-state index is 11.0. The molecule has 0 heterocycles. The molecule has 1 aromatic rings. The van der Waals surface area contributed by atoms with Crippen molar-refractivity contribution in [1.29, 1.82) is 0 Å². The monoisotopic (exact) mass is 302 g/mol. The average Bonchev–Trinajstić information content (AvgIpc) is 2.47. The Labute approximate surface area is 128 Å². The molecule has 0 bridgehead atoms. The van der Waals surface area contributed by atoms with Gasteiger partial charge in [-0.1, -0.05) is 13.8 Å². The number of nitrogens with one attached hydrogen (secondary N) is 1. The van der Waals surface area contributed by atoms with Crippen LogP contribution in [-0.4, -0.2) is 33.1 Å². The average molecular weight is 302 g/mol. The molecule has 1 atom stereocenters. The predicted molar refractivity (Wildman–Crippen MR) is 84.1 cm³/mol. The number of nitrogens with zero attached hydrogens (tertiary/aromatic N) is 1. The third-order valence-corrected chi connectivity index (χ3v) is 3.28. The Morgan fingerprint density at radius 3 is 2.73 bits per heavy atom. The number of aromatic hydroxyl groups is 1. The fourth-order valence-corrected chi connectivity index (χ4v) is 2.06. The number of anilines is 1. The van der Waals surface area contributed by atoms with Gasteiger partial charge in [0.15, 0.2) is 0 Å². The Morgan fingerprint density at radius 1 is 1.36 bits per heavy atom. The molecule has 0 radical (unpaired) electrons. The fraction of sp³-hybridized carbons (Fsp3) is 0.250. The van der Waals surface area contributed by atoms with Crippen LogP contribution in [0.25, 0.3) is 0 Å². The molecule has 6 heteroatoms. The van der Waals surface area contributed by atoms with E-state index in [4.69, 9.17) is 5.11 Å². The number of benzene rings is 1. The van der Waals surface area contributed by atoms with E-state index in [0.717, 1.165) is 5.56 Å². The van der Waals surface area contributed by atoms with Crippen LogP contribution in [-0.2, 0) is 4.79 Å². The number of carboxylic acid groups (broad SMARTS) is 1. The van der Waals surface area contributed by atoms with Crippen LogP contribution in [0.3, 0.4) is 0 Å². The number of phenols is 1. The molecule has 1 unspecified atom stereocenters. The first-order chi connectivity index (χ1) is 10.4. The Balaban J connectivity index is 2.20. The number of rotatable bonds is 4. The number of carbonyl (C=O) groups is 1. The van der Waals surface area contributed by atoms with E-state index in [1.54, 1.807) is 18.2 Å². The maximum Gasteiger partial charge on any atom is 0.334 e. The smallest absolute Gasteiger partial charge is 0.334 e. The summed E-state index contributed by atoms with van der Waals surface area (Å²) in [5.41, 5.74) is 4.55. The third kappa shape index (κ3) is 3.53. The molecule has 0 amide bonds. The van der Waals surface area contributed by atoms with Crippen molar-refractivity contribution in [2.75, 3.05) is 5.43 Å². The lowest BCUT2D eigenvalue weighted by Crippen LogP contribution is -2.20. The van der Waals surface area contributed by atoms with Crippen LogP contribution in [0.2, 0.25) is 0 Å². The van der Waals surface area contributed by atoms with E-state index in [0.29, 0.717) is 11.4 Å². The number of aliphatic carboxylic acids is 1. The first-order valence-electron chi connectivity index (χ1n) is 6.86. The van der Waals surface area contributed by atoms with Crippen molar-refractivity contribution in [3.8, 4) is 5.75 Å². The van der Waals surface area contributed by atoms with Gasteiger partial charge in [0.1, 0.15) is 11.9 Å². The molecule has 0 fully saturated rings. The van der Waals surface area contributed by atoms with Crippen molar-refractivity contribution >= 4 is 17.4 Å². The topological polar surface area (TPSA) is 102 Å². The van der Waals surface area contributed by atoms with E-state index < -0.39 is 12.1 Å². The molecule has 1 aromatic carbocycles. The lowest BCUT2D eigenvalue weighted by atomic mass is 10.0. The van der Waals surface area contributed by atoms with Gasteiger partial charge in [-0.2, -0.15) is 5.10 Å². The van der Waals surface area contributed by atoms with Gasteiger partial charge in [0.25, 0.3) is 0 Å². The minimum absolute atomic E-state index is 0.128. The van der Waals surface area contributed by atoms with Crippen LogP contribution >= 0.6 is 0 Å². The fourth-order valence-electron chi connectivity index (χ4n) is 2.06. The molecule has 0 saturated carbocycles. The highest BCUT2D eigenvalue weighted by Gasteiger charge is 2.19. The molecule has 0 aliphatic heterocycles. The van der Waals surface area contributed by atoms with Crippen molar-refractivity contribution in [3.63, 3.8) is 0 Å². The maximum atomic E-state index is 11.0. The zero-order valence-electron chi connectivity index (χ0n) is 12.3. The SMILES string of the molecule is CC(C)c1cc(N/N=C2\C=CC(O)C(C(=O)O)=C2)ccc1O. The van der Waals surface area contributed by atoms with Crippen molar-refractivity contribution in [2.24, 2.45) is 5.10 Å². The number of allylic oxidation sites excluding steroid dienone is 2. The molecule has 2 rings (SSSR count). The first-order valence-corrected chi connectivity index (χ1v) is 6.86. The summed E-state index contributed by atoms with van der Waals surface area (Å²) in [7, 11) is 0. The number of aliphatic hydroxyl groups is 1. The number of carboxylic acids is 1. The van der Waals surface area contributed by atoms with Crippen LogP contribution in [0.5, 0.6) is 5.75 Å². The summed E-state index contributed by atoms with van der Waals surface area (Å²) >= 11 is 0. The van der Waals surface area contributed by atoms with Crippen molar-refractivity contribution in [2.45, 2.75) is 25.9 Å². The molecule has 0 saturated heterocycles. The van der Waals surface area contributed by atoms with Crippen LogP contribution in [0.4, 0.5) is 5.69 Å². The number of phenolic OH excluding ortho intramolecular Hbond substituents is 1. The minimum Gasteiger partial charge on any atom is -0.508 e. The number of hydrogen-bond acceptors (Lipinski definition) is 5. The van der Waals surface area contributed by atoms with Crippen LogP contribution in [0.15, 0.2) is 47.1 Å². The zero-order valence-corrected chi connectivity index (χ0v) is 12.3. The Kier molecular flexibility index (Phi) is 4.62. The van der Waals surface area contributed by atoms with Crippen molar-refractivity contribution in [1.82, 2.24) is 0 Å². The van der Waals surface area contributed by atoms with E-state index in [9.17, 15) is 15.0 Å². The Bertz CT molecular complexity index is 675. The highest BCUT2D eigenvalue weighted by molar-refractivity contribution is 6.10. The van der Waals surface area contributed by atoms with Gasteiger partial charge in [-0.25, -0.2) is 4.79 Å². The lowest BCUT2D eigenvalue weighted by molar-refractivity contribution is -0.133. The second-order valence-electron chi connectivity index (χ2n) is 5.29. The third-order valence-electron chi connectivity index (χ3n) is 3.28. The van der Waals surface area contributed by atoms with Gasteiger partial charge in [0.05, 0.1) is 17.0 Å². The molecule has 0 aromatic heterocycles. The van der Waals surface area contributed by atoms with Crippen molar-refractivity contribution < 1.29 is 20.1 Å². The summed E-state index contributed by atoms with van der Waals surface area (Å²) in [6, 6.07) is 5.04. The zero-order chi connectivity index (χ0) is 16.3. The summed E-state index contributed by atoms with van der Waals surface area (Å²) in [6.07, 6.45) is 3.08. The van der Waals surface area contributed by atoms with Crippen molar-refractivity contribution in [3.05, 3.63) is 47.6 Å². The standard InChI is InChI=1S/C16H18N2O4/c1-9(2)12-7-10(3-5-14(12)19)17-18-11-4-6-15(20)13(8-11)16(21)22/h3-9,15,17,19-20H,1-2H3,(H,21,22)/b18-11+. The van der Waals surface area contributed by atoms with Crippen LogP contribution in [0, 0.1) is 0 Å². The summed E-state index contributed by atoms with van der Waals surface area (Å²) in [5, 5.41) is 32.4.